The van der Waals surface area contributed by atoms with Crippen LogP contribution in [0, 0.1) is 23.2 Å². The fourth-order valence-corrected chi connectivity index (χ4v) is 3.79. The molecule has 2 bridgehead atoms. The summed E-state index contributed by atoms with van der Waals surface area (Å²) in [6.07, 6.45) is 8.04. The van der Waals surface area contributed by atoms with Crippen molar-refractivity contribution in [2.75, 3.05) is 0 Å². The maximum atomic E-state index is 12.0. The predicted octanol–water partition coefficient (Wildman–Crippen LogP) is 2.07. The van der Waals surface area contributed by atoms with Gasteiger partial charge in [-0.25, -0.2) is 0 Å². The van der Waals surface area contributed by atoms with Crippen LogP contribution in [0.25, 0.3) is 0 Å². The lowest BCUT2D eigenvalue weighted by molar-refractivity contribution is -0.156. The first-order chi connectivity index (χ1) is 7.70. The molecule has 0 amide bonds. The van der Waals surface area contributed by atoms with Gasteiger partial charge >= 0.3 is 11.9 Å². The fourth-order valence-electron chi connectivity index (χ4n) is 3.79. The molecule has 0 radical (unpaired) electrons. The molecule has 4 atom stereocenters. The van der Waals surface area contributed by atoms with E-state index in [9.17, 15) is 9.59 Å². The van der Waals surface area contributed by atoms with Gasteiger partial charge in [0.2, 0.25) is 0 Å². The number of hydrogen-bond acceptors (Lipinski definition) is 3. The van der Waals surface area contributed by atoms with E-state index in [-0.39, 0.29) is 29.7 Å². The van der Waals surface area contributed by atoms with Crippen LogP contribution in [0.15, 0.2) is 12.2 Å². The van der Waals surface area contributed by atoms with Crippen LogP contribution in [0.3, 0.4) is 0 Å². The molecule has 16 heavy (non-hydrogen) atoms. The molecule has 1 aliphatic heterocycles. The average Bonchev–Trinajstić information content (AvgIpc) is 2.89. The number of carbonyl (C=O) groups excluding carboxylic acids is 2. The Hall–Kier alpha value is -1.12. The molecule has 3 nitrogen and oxygen atoms in total. The van der Waals surface area contributed by atoms with Gasteiger partial charge < -0.3 is 4.74 Å². The standard InChI is InChI=1S/C13H16O3/c1-2-3-6-13-9-5-4-8(7-9)10(13)11(14)16-12(13)15/h4-5,8-10H,2-3,6-7H2,1H3. The molecule has 86 valence electrons. The number of allylic oxidation sites excluding steroid dienone is 2. The van der Waals surface area contributed by atoms with Crippen molar-refractivity contribution in [2.45, 2.75) is 32.6 Å². The maximum absolute atomic E-state index is 12.0. The summed E-state index contributed by atoms with van der Waals surface area (Å²) in [5, 5.41) is 0. The Kier molecular flexibility index (Phi) is 2.00. The highest BCUT2D eigenvalue weighted by atomic mass is 16.6. The lowest BCUT2D eigenvalue weighted by Crippen LogP contribution is -2.37. The third-order valence-electron chi connectivity index (χ3n) is 4.53. The number of cyclic esters (lactones) is 2. The molecule has 4 unspecified atom stereocenters. The number of hydrogen-bond donors (Lipinski definition) is 0. The molecule has 1 saturated heterocycles. The summed E-state index contributed by atoms with van der Waals surface area (Å²) < 4.78 is 4.89. The van der Waals surface area contributed by atoms with Crippen molar-refractivity contribution in [3.05, 3.63) is 12.2 Å². The Morgan fingerprint density at radius 3 is 3.00 bits per heavy atom. The topological polar surface area (TPSA) is 43.4 Å². The zero-order valence-electron chi connectivity index (χ0n) is 9.44. The molecule has 1 heterocycles. The number of fused-ring (bicyclic) bond motifs is 5. The van der Waals surface area contributed by atoms with Crippen LogP contribution in [0.5, 0.6) is 0 Å². The minimum Gasteiger partial charge on any atom is -0.392 e. The van der Waals surface area contributed by atoms with Gasteiger partial charge in [-0.2, -0.15) is 0 Å². The number of esters is 2. The average molecular weight is 220 g/mol. The highest BCUT2D eigenvalue weighted by Crippen LogP contribution is 2.62. The van der Waals surface area contributed by atoms with E-state index in [1.807, 2.05) is 0 Å². The zero-order valence-corrected chi connectivity index (χ0v) is 9.44. The van der Waals surface area contributed by atoms with Crippen molar-refractivity contribution in [3.8, 4) is 0 Å². The van der Waals surface area contributed by atoms with Gasteiger partial charge in [0, 0.05) is 0 Å². The smallest absolute Gasteiger partial charge is 0.321 e. The van der Waals surface area contributed by atoms with Crippen LogP contribution in [0.4, 0.5) is 0 Å². The molecule has 3 heteroatoms. The highest BCUT2D eigenvalue weighted by Gasteiger charge is 2.68. The van der Waals surface area contributed by atoms with Crippen LogP contribution in [-0.4, -0.2) is 11.9 Å². The number of ether oxygens (including phenoxy) is 1. The summed E-state index contributed by atoms with van der Waals surface area (Å²) >= 11 is 0. The molecule has 2 fully saturated rings. The molecule has 2 aliphatic carbocycles. The molecule has 0 N–H and O–H groups in total. The minimum atomic E-state index is -0.494. The van der Waals surface area contributed by atoms with Crippen LogP contribution < -0.4 is 0 Å². The van der Waals surface area contributed by atoms with Gasteiger partial charge in [-0.05, 0) is 24.7 Å². The zero-order chi connectivity index (χ0) is 11.3. The minimum absolute atomic E-state index is 0.179. The lowest BCUT2D eigenvalue weighted by Gasteiger charge is -2.30. The molecule has 3 rings (SSSR count). The Bertz CT molecular complexity index is 385. The number of rotatable bonds is 3. The summed E-state index contributed by atoms with van der Waals surface area (Å²) in [4.78, 5) is 23.8. The van der Waals surface area contributed by atoms with Gasteiger partial charge in [-0.15, -0.1) is 0 Å². The first-order valence-corrected chi connectivity index (χ1v) is 6.14. The van der Waals surface area contributed by atoms with E-state index < -0.39 is 5.41 Å². The maximum Gasteiger partial charge on any atom is 0.321 e. The molecule has 0 spiro atoms. The van der Waals surface area contributed by atoms with E-state index in [1.54, 1.807) is 0 Å². The number of unbranched alkanes of at least 4 members (excludes halogenated alkanes) is 1. The van der Waals surface area contributed by atoms with E-state index >= 15 is 0 Å². The second-order valence-corrected chi connectivity index (χ2v) is 5.22. The molecule has 0 aromatic rings. The Morgan fingerprint density at radius 1 is 1.44 bits per heavy atom. The van der Waals surface area contributed by atoms with Gasteiger partial charge in [0.05, 0.1) is 11.3 Å². The van der Waals surface area contributed by atoms with Crippen molar-refractivity contribution < 1.29 is 14.3 Å². The lowest BCUT2D eigenvalue weighted by atomic mass is 9.67. The van der Waals surface area contributed by atoms with Crippen LogP contribution in [-0.2, 0) is 14.3 Å². The van der Waals surface area contributed by atoms with Crippen LogP contribution in [0.1, 0.15) is 32.6 Å². The van der Waals surface area contributed by atoms with Crippen molar-refractivity contribution in [1.82, 2.24) is 0 Å². The molecule has 0 aromatic heterocycles. The van der Waals surface area contributed by atoms with Gasteiger partial charge in [-0.3, -0.25) is 9.59 Å². The summed E-state index contributed by atoms with van der Waals surface area (Å²) in [5.74, 6) is -0.221. The van der Waals surface area contributed by atoms with E-state index in [1.165, 1.54) is 0 Å². The second-order valence-electron chi connectivity index (χ2n) is 5.22. The summed E-state index contributed by atoms with van der Waals surface area (Å²) in [5.41, 5.74) is -0.494. The van der Waals surface area contributed by atoms with Crippen molar-refractivity contribution in [3.63, 3.8) is 0 Å². The Labute approximate surface area is 94.8 Å². The SMILES string of the molecule is CCCCC12C(=O)OC(=O)C1C1C=CC2C1. The van der Waals surface area contributed by atoms with Gasteiger partial charge in [0.15, 0.2) is 0 Å². The second kappa shape index (κ2) is 3.19. The quantitative estimate of drug-likeness (QED) is 0.415. The van der Waals surface area contributed by atoms with E-state index in [2.05, 4.69) is 19.1 Å². The predicted molar refractivity (Wildman–Crippen MR) is 57.3 cm³/mol. The first-order valence-electron chi connectivity index (χ1n) is 6.14. The van der Waals surface area contributed by atoms with Gasteiger partial charge in [-0.1, -0.05) is 31.9 Å². The summed E-state index contributed by atoms with van der Waals surface area (Å²) in [6.45, 7) is 2.11. The van der Waals surface area contributed by atoms with E-state index in [0.29, 0.717) is 0 Å². The monoisotopic (exact) mass is 220 g/mol. The third-order valence-corrected chi connectivity index (χ3v) is 4.53. The van der Waals surface area contributed by atoms with Gasteiger partial charge in [0.1, 0.15) is 0 Å². The number of carbonyl (C=O) groups is 2. The normalized spacial score (nSPS) is 43.9. The summed E-state index contributed by atoms with van der Waals surface area (Å²) in [6, 6.07) is 0. The van der Waals surface area contributed by atoms with E-state index in [4.69, 9.17) is 4.74 Å². The summed E-state index contributed by atoms with van der Waals surface area (Å²) in [7, 11) is 0. The molecule has 1 saturated carbocycles. The largest absolute Gasteiger partial charge is 0.392 e. The van der Waals surface area contributed by atoms with Crippen molar-refractivity contribution >= 4 is 11.9 Å². The third kappa shape index (κ3) is 0.989. The van der Waals surface area contributed by atoms with E-state index in [0.717, 1.165) is 25.7 Å². The van der Waals surface area contributed by atoms with Crippen LogP contribution >= 0.6 is 0 Å². The fraction of sp³-hybridized carbons (Fsp3) is 0.692. The van der Waals surface area contributed by atoms with Crippen molar-refractivity contribution in [2.24, 2.45) is 23.2 Å². The molecule has 3 aliphatic rings. The highest BCUT2D eigenvalue weighted by molar-refractivity contribution is 6.00. The molecular formula is C13H16O3. The first kappa shape index (κ1) is 10.1. The van der Waals surface area contributed by atoms with Crippen molar-refractivity contribution in [1.29, 1.82) is 0 Å². The molecular weight excluding hydrogens is 204 g/mol. The van der Waals surface area contributed by atoms with Crippen LogP contribution in [0.2, 0.25) is 0 Å². The Balaban J connectivity index is 2.00. The Morgan fingerprint density at radius 2 is 2.25 bits per heavy atom. The van der Waals surface area contributed by atoms with Gasteiger partial charge in [0.25, 0.3) is 0 Å². The molecule has 0 aromatic carbocycles.